The molecule has 1 saturated heterocycles. The average molecular weight is 485 g/mol. The van der Waals surface area contributed by atoms with Gasteiger partial charge in [-0.1, -0.05) is 43.6 Å². The number of ether oxygens (including phenoxy) is 2. The number of halogens is 1. The first-order valence-corrected chi connectivity index (χ1v) is 12.0. The number of nitrogens with zero attached hydrogens (tertiary/aromatic N) is 1. The molecule has 7 heteroatoms. The molecule has 2 aromatic carbocycles. The zero-order chi connectivity index (χ0) is 24.7. The van der Waals surface area contributed by atoms with Gasteiger partial charge in [0.2, 0.25) is 5.91 Å². The standard InChI is InChI=1S/C27H33ClN2O4/c1-18(2)17-34-26-23(28)15-20(16-24(26)33-4)9-10-25(31)30-13-11-21(12-14-30)29-27(32)22-8-6-5-7-19(22)3/h5-10,15-16,18,21H,11-14,17H2,1-4H3,(H,29,32)/b10-9+. The summed E-state index contributed by atoms with van der Waals surface area (Å²) in [6.07, 6.45) is 4.72. The van der Waals surface area contributed by atoms with Gasteiger partial charge < -0.3 is 19.7 Å². The lowest BCUT2D eigenvalue weighted by Gasteiger charge is -2.31. The topological polar surface area (TPSA) is 67.9 Å². The van der Waals surface area contributed by atoms with E-state index in [4.69, 9.17) is 21.1 Å². The molecule has 0 unspecified atom stereocenters. The first-order chi connectivity index (χ1) is 16.3. The summed E-state index contributed by atoms with van der Waals surface area (Å²) in [5.74, 6) is 1.27. The molecular formula is C27H33ClN2O4. The summed E-state index contributed by atoms with van der Waals surface area (Å²) in [6.45, 7) is 7.76. The molecule has 2 amide bonds. The van der Waals surface area contributed by atoms with E-state index in [1.807, 2.05) is 31.2 Å². The van der Waals surface area contributed by atoms with Crippen molar-refractivity contribution in [2.75, 3.05) is 26.8 Å². The van der Waals surface area contributed by atoms with Gasteiger partial charge in [0.25, 0.3) is 5.91 Å². The van der Waals surface area contributed by atoms with Crippen LogP contribution < -0.4 is 14.8 Å². The molecule has 0 radical (unpaired) electrons. The molecule has 34 heavy (non-hydrogen) atoms. The lowest BCUT2D eigenvalue weighted by molar-refractivity contribution is -0.126. The van der Waals surface area contributed by atoms with E-state index in [1.54, 1.807) is 36.3 Å². The summed E-state index contributed by atoms with van der Waals surface area (Å²) in [6, 6.07) is 11.2. The van der Waals surface area contributed by atoms with Crippen molar-refractivity contribution in [2.45, 2.75) is 39.7 Å². The normalized spacial score (nSPS) is 14.5. The molecule has 0 aromatic heterocycles. The minimum atomic E-state index is -0.0705. The van der Waals surface area contributed by atoms with E-state index in [1.165, 1.54) is 0 Å². The number of methoxy groups -OCH3 is 1. The first-order valence-electron chi connectivity index (χ1n) is 11.6. The Bertz CT molecular complexity index is 1040. The summed E-state index contributed by atoms with van der Waals surface area (Å²) < 4.78 is 11.2. The number of carbonyl (C=O) groups excluding carboxylic acids is 2. The van der Waals surface area contributed by atoms with Crippen LogP contribution in [0, 0.1) is 12.8 Å². The second-order valence-electron chi connectivity index (χ2n) is 8.96. The number of amides is 2. The van der Waals surface area contributed by atoms with Crippen molar-refractivity contribution in [3.8, 4) is 11.5 Å². The number of rotatable bonds is 8. The summed E-state index contributed by atoms with van der Waals surface area (Å²) in [5, 5.41) is 3.54. The summed E-state index contributed by atoms with van der Waals surface area (Å²) >= 11 is 6.40. The molecule has 0 saturated carbocycles. The van der Waals surface area contributed by atoms with Gasteiger partial charge in [-0.25, -0.2) is 0 Å². The molecule has 1 heterocycles. The minimum absolute atomic E-state index is 0.0570. The first kappa shape index (κ1) is 25.6. The maximum absolute atomic E-state index is 12.7. The van der Waals surface area contributed by atoms with Crippen molar-refractivity contribution >= 4 is 29.5 Å². The van der Waals surface area contributed by atoms with Crippen molar-refractivity contribution in [3.63, 3.8) is 0 Å². The highest BCUT2D eigenvalue weighted by atomic mass is 35.5. The van der Waals surface area contributed by atoms with Gasteiger partial charge in [-0.3, -0.25) is 9.59 Å². The molecule has 1 N–H and O–H groups in total. The van der Waals surface area contributed by atoms with Gasteiger partial charge in [-0.05, 0) is 61.1 Å². The van der Waals surface area contributed by atoms with E-state index in [0.717, 1.165) is 24.0 Å². The average Bonchev–Trinajstić information content (AvgIpc) is 2.82. The number of nitrogens with one attached hydrogen (secondary N) is 1. The zero-order valence-electron chi connectivity index (χ0n) is 20.3. The van der Waals surface area contributed by atoms with Gasteiger partial charge >= 0.3 is 0 Å². The molecule has 182 valence electrons. The Morgan fingerprint density at radius 3 is 2.56 bits per heavy atom. The largest absolute Gasteiger partial charge is 0.493 e. The van der Waals surface area contributed by atoms with Crippen molar-refractivity contribution in [2.24, 2.45) is 5.92 Å². The molecule has 0 bridgehead atoms. The minimum Gasteiger partial charge on any atom is -0.493 e. The van der Waals surface area contributed by atoms with Crippen LogP contribution in [0.5, 0.6) is 11.5 Å². The molecular weight excluding hydrogens is 452 g/mol. The highest BCUT2D eigenvalue weighted by Crippen LogP contribution is 2.37. The number of benzene rings is 2. The molecule has 0 spiro atoms. The number of hydrogen-bond acceptors (Lipinski definition) is 4. The van der Waals surface area contributed by atoms with Crippen LogP contribution in [-0.2, 0) is 4.79 Å². The zero-order valence-corrected chi connectivity index (χ0v) is 21.0. The van der Waals surface area contributed by atoms with Crippen molar-refractivity contribution < 1.29 is 19.1 Å². The van der Waals surface area contributed by atoms with E-state index in [2.05, 4.69) is 19.2 Å². The highest BCUT2D eigenvalue weighted by Gasteiger charge is 2.23. The molecule has 3 rings (SSSR count). The van der Waals surface area contributed by atoms with Crippen molar-refractivity contribution in [1.82, 2.24) is 10.2 Å². The monoisotopic (exact) mass is 484 g/mol. The molecule has 1 aliphatic heterocycles. The van der Waals surface area contributed by atoms with E-state index < -0.39 is 0 Å². The Morgan fingerprint density at radius 1 is 1.21 bits per heavy atom. The second-order valence-corrected chi connectivity index (χ2v) is 9.37. The van der Waals surface area contributed by atoms with E-state index in [-0.39, 0.29) is 17.9 Å². The van der Waals surface area contributed by atoms with Crippen LogP contribution in [-0.4, -0.2) is 49.6 Å². The predicted octanol–water partition coefficient (Wildman–Crippen LogP) is 5.13. The molecule has 6 nitrogen and oxygen atoms in total. The SMILES string of the molecule is COc1cc(/C=C/C(=O)N2CCC(NC(=O)c3ccccc3C)CC2)cc(Cl)c1OCC(C)C. The fourth-order valence-corrected chi connectivity index (χ4v) is 4.11. The number of aryl methyl sites for hydroxylation is 1. The van der Waals surface area contributed by atoms with Crippen molar-refractivity contribution in [3.05, 3.63) is 64.2 Å². The van der Waals surface area contributed by atoms with Gasteiger partial charge in [-0.2, -0.15) is 0 Å². The van der Waals surface area contributed by atoms with Crippen LogP contribution in [0.3, 0.4) is 0 Å². The Hall–Kier alpha value is -2.99. The molecule has 0 aliphatic carbocycles. The van der Waals surface area contributed by atoms with Gasteiger partial charge in [-0.15, -0.1) is 0 Å². The van der Waals surface area contributed by atoms with Gasteiger partial charge in [0.05, 0.1) is 18.7 Å². The maximum Gasteiger partial charge on any atom is 0.251 e. The van der Waals surface area contributed by atoms with Gasteiger partial charge in [0, 0.05) is 30.8 Å². The van der Waals surface area contributed by atoms with Crippen LogP contribution in [0.4, 0.5) is 0 Å². The third-order valence-corrected chi connectivity index (χ3v) is 6.04. The fraction of sp³-hybridized carbons (Fsp3) is 0.407. The Morgan fingerprint density at radius 2 is 1.91 bits per heavy atom. The second kappa shape index (κ2) is 11.9. The summed E-state index contributed by atoms with van der Waals surface area (Å²) in [7, 11) is 1.56. The third kappa shape index (κ3) is 6.76. The van der Waals surface area contributed by atoms with Gasteiger partial charge in [0.15, 0.2) is 11.5 Å². The summed E-state index contributed by atoms with van der Waals surface area (Å²) in [4.78, 5) is 27.1. The molecule has 1 aliphatic rings. The lowest BCUT2D eigenvalue weighted by Crippen LogP contribution is -2.46. The van der Waals surface area contributed by atoms with Crippen LogP contribution in [0.15, 0.2) is 42.5 Å². The molecule has 0 atom stereocenters. The Labute approximate surface area is 206 Å². The summed E-state index contributed by atoms with van der Waals surface area (Å²) in [5.41, 5.74) is 2.40. The van der Waals surface area contributed by atoms with Crippen LogP contribution in [0.1, 0.15) is 48.2 Å². The highest BCUT2D eigenvalue weighted by molar-refractivity contribution is 6.32. The number of piperidine rings is 1. The smallest absolute Gasteiger partial charge is 0.251 e. The molecule has 1 fully saturated rings. The van der Waals surface area contributed by atoms with E-state index >= 15 is 0 Å². The van der Waals surface area contributed by atoms with E-state index in [0.29, 0.717) is 47.7 Å². The number of likely N-dealkylation sites (tertiary alicyclic amines) is 1. The maximum atomic E-state index is 12.7. The molecule has 2 aromatic rings. The van der Waals surface area contributed by atoms with Crippen LogP contribution in [0.25, 0.3) is 6.08 Å². The quantitative estimate of drug-likeness (QED) is 0.528. The Kier molecular flexibility index (Phi) is 8.99. The predicted molar refractivity (Wildman–Crippen MR) is 136 cm³/mol. The van der Waals surface area contributed by atoms with Crippen LogP contribution in [0.2, 0.25) is 5.02 Å². The fourth-order valence-electron chi connectivity index (χ4n) is 3.83. The lowest BCUT2D eigenvalue weighted by atomic mass is 10.0. The third-order valence-electron chi connectivity index (χ3n) is 5.76. The van der Waals surface area contributed by atoms with Crippen molar-refractivity contribution in [1.29, 1.82) is 0 Å². The van der Waals surface area contributed by atoms with Crippen LogP contribution >= 0.6 is 11.6 Å². The number of carbonyl (C=O) groups is 2. The number of hydrogen-bond donors (Lipinski definition) is 1. The Balaban J connectivity index is 1.55. The van der Waals surface area contributed by atoms with E-state index in [9.17, 15) is 9.59 Å². The van der Waals surface area contributed by atoms with Gasteiger partial charge in [0.1, 0.15) is 0 Å².